The van der Waals surface area contributed by atoms with E-state index in [2.05, 4.69) is 25.0 Å². The van der Waals surface area contributed by atoms with E-state index in [4.69, 9.17) is 16.2 Å². The van der Waals surface area contributed by atoms with E-state index in [1.807, 2.05) is 35.1 Å². The van der Waals surface area contributed by atoms with Crippen LogP contribution < -0.4 is 26.2 Å². The minimum atomic E-state index is -4.36. The number of nitrogen functional groups attached to an aromatic ring is 2. The van der Waals surface area contributed by atoms with Gasteiger partial charge in [-0.3, -0.25) is 9.36 Å². The van der Waals surface area contributed by atoms with E-state index in [1.165, 1.54) is 29.1 Å². The van der Waals surface area contributed by atoms with Gasteiger partial charge in [-0.25, -0.2) is 9.71 Å². The molecule has 0 spiro atoms. The molecule has 2 aromatic carbocycles. The molecular formula is C23H25N9O6S. The van der Waals surface area contributed by atoms with E-state index in [-0.39, 0.29) is 34.2 Å². The predicted octanol–water partition coefficient (Wildman–Crippen LogP) is -0.382. The van der Waals surface area contributed by atoms with Crippen molar-refractivity contribution < 1.29 is 28.2 Å². The summed E-state index contributed by atoms with van der Waals surface area (Å²) in [6.45, 7) is -0.466. The Morgan fingerprint density at radius 3 is 2.49 bits per heavy atom. The smallest absolute Gasteiger partial charge is 0.301 e. The number of nitrogens with two attached hydrogens (primary N) is 2. The second-order valence-electron chi connectivity index (χ2n) is 8.66. The van der Waals surface area contributed by atoms with Gasteiger partial charge < -0.3 is 31.7 Å². The van der Waals surface area contributed by atoms with Crippen LogP contribution in [0.25, 0.3) is 11.2 Å². The molecule has 4 aromatic rings. The van der Waals surface area contributed by atoms with Crippen molar-refractivity contribution >= 4 is 50.4 Å². The van der Waals surface area contributed by atoms with Crippen LogP contribution in [0.2, 0.25) is 0 Å². The quantitative estimate of drug-likeness (QED) is 0.138. The third-order valence-corrected chi connectivity index (χ3v) is 7.00. The highest BCUT2D eigenvalue weighted by Crippen LogP contribution is 2.32. The molecular weight excluding hydrogens is 530 g/mol. The fraction of sp³-hybridized carbons (Fsp3) is 0.217. The monoisotopic (exact) mass is 555 g/mol. The number of rotatable bonds is 8. The molecule has 1 amide bonds. The number of aromatic nitrogens is 4. The lowest BCUT2D eigenvalue weighted by Crippen LogP contribution is -2.45. The molecule has 3 heterocycles. The summed E-state index contributed by atoms with van der Waals surface area (Å²) in [6.07, 6.45) is -4.01. The van der Waals surface area contributed by atoms with Crippen molar-refractivity contribution in [1.82, 2.24) is 29.0 Å². The number of amides is 1. The van der Waals surface area contributed by atoms with Crippen molar-refractivity contribution in [3.63, 3.8) is 0 Å². The van der Waals surface area contributed by atoms with Crippen LogP contribution >= 0.6 is 0 Å². The number of hydrogen-bond donors (Lipinski definition) is 7. The summed E-state index contributed by atoms with van der Waals surface area (Å²) in [5, 5.41) is 24.3. The van der Waals surface area contributed by atoms with Crippen LogP contribution in [-0.2, 0) is 14.9 Å². The first kappa shape index (κ1) is 26.3. The Kier molecular flexibility index (Phi) is 7.02. The van der Waals surface area contributed by atoms with Crippen LogP contribution in [0.5, 0.6) is 0 Å². The first-order valence-electron chi connectivity index (χ1n) is 11.6. The van der Waals surface area contributed by atoms with Gasteiger partial charge in [0, 0.05) is 17.9 Å². The number of nitrogens with one attached hydrogen (secondary N) is 3. The molecule has 5 rings (SSSR count). The van der Waals surface area contributed by atoms with Crippen molar-refractivity contribution in [1.29, 1.82) is 0 Å². The fourth-order valence-corrected chi connectivity index (χ4v) is 4.88. The van der Waals surface area contributed by atoms with E-state index >= 15 is 0 Å². The molecule has 2 aromatic heterocycles. The Labute approximate surface area is 222 Å². The molecule has 0 radical (unpaired) electrons. The number of aliphatic hydroxyl groups is 2. The third kappa shape index (κ3) is 5.45. The zero-order valence-corrected chi connectivity index (χ0v) is 21.0. The maximum atomic E-state index is 12.4. The number of carbonyl (C=O) groups is 1. The summed E-state index contributed by atoms with van der Waals surface area (Å²) in [4.78, 5) is 25.2. The lowest BCUT2D eigenvalue weighted by atomic mass is 10.1. The molecule has 9 N–H and O–H groups in total. The summed E-state index contributed by atoms with van der Waals surface area (Å²) in [7, 11) is -4.36. The number of hydrogen-bond acceptors (Lipinski definition) is 12. The topological polar surface area (TPSA) is 233 Å². The molecule has 0 aliphatic carbocycles. The van der Waals surface area contributed by atoms with Gasteiger partial charge in [-0.1, -0.05) is 30.3 Å². The van der Waals surface area contributed by atoms with Crippen LogP contribution in [-0.4, -0.2) is 68.9 Å². The lowest BCUT2D eigenvalue weighted by molar-refractivity contribution is -0.0330. The highest BCUT2D eigenvalue weighted by atomic mass is 32.2. The Morgan fingerprint density at radius 2 is 1.74 bits per heavy atom. The van der Waals surface area contributed by atoms with Crippen molar-refractivity contribution in [2.24, 2.45) is 0 Å². The Hall–Kier alpha value is -4.35. The molecule has 204 valence electrons. The second-order valence-corrected chi connectivity index (χ2v) is 10.2. The van der Waals surface area contributed by atoms with Crippen molar-refractivity contribution in [2.75, 3.05) is 23.3 Å². The van der Waals surface area contributed by atoms with Crippen LogP contribution in [0.4, 0.5) is 23.1 Å². The summed E-state index contributed by atoms with van der Waals surface area (Å²) >= 11 is 0. The van der Waals surface area contributed by atoms with Crippen molar-refractivity contribution in [3.8, 4) is 0 Å². The van der Waals surface area contributed by atoms with Gasteiger partial charge in [-0.05, 0) is 24.3 Å². The van der Waals surface area contributed by atoms with Crippen LogP contribution in [0.1, 0.15) is 16.6 Å². The van der Waals surface area contributed by atoms with E-state index in [9.17, 15) is 23.4 Å². The maximum absolute atomic E-state index is 12.4. The molecule has 1 fully saturated rings. The molecule has 16 heteroatoms. The molecule has 0 bridgehead atoms. The summed E-state index contributed by atoms with van der Waals surface area (Å²) < 4.78 is 36.0. The number of ether oxygens (including phenoxy) is 1. The zero-order chi connectivity index (χ0) is 27.7. The standard InChI is InChI=1S/C23H25N9O6S/c24-14-9-5-4-8-13(14)21(35)31-39(36,37)27-10-15-17(33)18(34)22(38-15)32-11-26-16-19(25)29-23(30-20(16)32)28-12-6-2-1-3-7-12/h1-9,11,15,17-18,22,27,33-34H,10,24H2,(H,31,35)(H3,25,28,29,30)/t15-,17-,18?,22-/m1/s1. The number of benzene rings is 2. The number of para-hydroxylation sites is 2. The normalized spacial score (nSPS) is 21.2. The van der Waals surface area contributed by atoms with Crippen molar-refractivity contribution in [3.05, 3.63) is 66.5 Å². The Balaban J connectivity index is 1.30. The van der Waals surface area contributed by atoms with Crippen LogP contribution in [0, 0.1) is 0 Å². The summed E-state index contributed by atoms with van der Waals surface area (Å²) in [5.41, 5.74) is 13.0. The second kappa shape index (κ2) is 10.4. The molecule has 15 nitrogen and oxygen atoms in total. The lowest BCUT2D eigenvalue weighted by Gasteiger charge is -2.17. The molecule has 1 unspecified atom stereocenters. The van der Waals surface area contributed by atoms with Crippen LogP contribution in [0.15, 0.2) is 60.9 Å². The van der Waals surface area contributed by atoms with Gasteiger partial charge in [0.15, 0.2) is 17.7 Å². The molecule has 1 saturated heterocycles. The Bertz CT molecular complexity index is 1620. The zero-order valence-electron chi connectivity index (χ0n) is 20.2. The van der Waals surface area contributed by atoms with Gasteiger partial charge in [0.2, 0.25) is 5.95 Å². The van der Waals surface area contributed by atoms with Gasteiger partial charge in [0.25, 0.3) is 5.91 Å². The average molecular weight is 556 g/mol. The van der Waals surface area contributed by atoms with Gasteiger partial charge in [0.1, 0.15) is 23.8 Å². The van der Waals surface area contributed by atoms with E-state index in [0.29, 0.717) is 5.69 Å². The van der Waals surface area contributed by atoms with E-state index in [1.54, 1.807) is 6.07 Å². The Morgan fingerprint density at radius 1 is 1.03 bits per heavy atom. The number of aliphatic hydroxyl groups excluding tert-OH is 2. The molecule has 4 atom stereocenters. The molecule has 39 heavy (non-hydrogen) atoms. The number of carbonyl (C=O) groups excluding carboxylic acids is 1. The number of fused-ring (bicyclic) bond motifs is 1. The number of imidazole rings is 1. The average Bonchev–Trinajstić information content (AvgIpc) is 3.44. The highest BCUT2D eigenvalue weighted by molar-refractivity contribution is 7.88. The van der Waals surface area contributed by atoms with Gasteiger partial charge >= 0.3 is 10.2 Å². The predicted molar refractivity (Wildman–Crippen MR) is 141 cm³/mol. The van der Waals surface area contributed by atoms with Crippen LogP contribution in [0.3, 0.4) is 0 Å². The molecule has 0 saturated carbocycles. The van der Waals surface area contributed by atoms with Gasteiger partial charge in [-0.15, -0.1) is 0 Å². The first-order valence-corrected chi connectivity index (χ1v) is 13.1. The maximum Gasteiger partial charge on any atom is 0.301 e. The number of anilines is 4. The first-order chi connectivity index (χ1) is 18.6. The fourth-order valence-electron chi connectivity index (χ4n) is 4.07. The highest BCUT2D eigenvalue weighted by Gasteiger charge is 2.44. The molecule has 1 aliphatic rings. The van der Waals surface area contributed by atoms with Gasteiger partial charge in [-0.2, -0.15) is 23.1 Å². The minimum absolute atomic E-state index is 0.0233. The summed E-state index contributed by atoms with van der Waals surface area (Å²) in [5.74, 6) is -0.696. The third-order valence-electron chi connectivity index (χ3n) is 6.00. The van der Waals surface area contributed by atoms with E-state index in [0.717, 1.165) is 0 Å². The van der Waals surface area contributed by atoms with Crippen molar-refractivity contribution in [2.45, 2.75) is 24.5 Å². The largest absolute Gasteiger partial charge is 0.398 e. The molecule has 1 aliphatic heterocycles. The summed E-state index contributed by atoms with van der Waals surface area (Å²) in [6, 6.07) is 15.1. The number of nitrogens with zero attached hydrogens (tertiary/aromatic N) is 4. The van der Waals surface area contributed by atoms with Gasteiger partial charge in [0.05, 0.1) is 11.9 Å². The van der Waals surface area contributed by atoms with E-state index < -0.39 is 47.2 Å². The minimum Gasteiger partial charge on any atom is -0.398 e. The SMILES string of the molecule is Nc1ccccc1C(=O)NS(=O)(=O)NC[C@H]1O[C@@H](n2cnc3c(N)nc(Nc4ccccc4)nc32)C(O)[C@@H]1O.